The van der Waals surface area contributed by atoms with Crippen LogP contribution in [-0.4, -0.2) is 26.0 Å². The lowest BCUT2D eigenvalue weighted by Gasteiger charge is -2.12. The van der Waals surface area contributed by atoms with Gasteiger partial charge in [-0.15, -0.1) is 0 Å². The van der Waals surface area contributed by atoms with E-state index in [9.17, 15) is 13.2 Å². The summed E-state index contributed by atoms with van der Waals surface area (Å²) in [6.07, 6.45) is 1.41. The van der Waals surface area contributed by atoms with Gasteiger partial charge in [0.05, 0.1) is 11.5 Å². The molecule has 1 aromatic heterocycles. The summed E-state index contributed by atoms with van der Waals surface area (Å²) in [5.74, 6) is -0.676. The molecule has 0 spiro atoms. The second kappa shape index (κ2) is 6.78. The first-order chi connectivity index (χ1) is 10.8. The van der Waals surface area contributed by atoms with Crippen molar-refractivity contribution in [3.63, 3.8) is 0 Å². The molecule has 1 N–H and O–H groups in total. The van der Waals surface area contributed by atoms with Gasteiger partial charge in [-0.25, -0.2) is 18.2 Å². The molecule has 1 aromatic carbocycles. The molecule has 2 rings (SSSR count). The Bertz CT molecular complexity index is 832. The number of carbonyl (C=O) groups excluding carboxylic acids is 1. The minimum atomic E-state index is -3.85. The van der Waals surface area contributed by atoms with Crippen LogP contribution in [0.2, 0.25) is 0 Å². The minimum absolute atomic E-state index is 0.0501. The lowest BCUT2D eigenvalue weighted by molar-refractivity contribution is 0.0527. The molecule has 0 atom stereocenters. The molecule has 0 unspecified atom stereocenters. The maximum Gasteiger partial charge on any atom is 0.341 e. The van der Waals surface area contributed by atoms with Gasteiger partial charge < -0.3 is 4.74 Å². The van der Waals surface area contributed by atoms with Crippen molar-refractivity contribution in [3.05, 3.63) is 53.2 Å². The van der Waals surface area contributed by atoms with Gasteiger partial charge in [0.1, 0.15) is 5.56 Å². The Morgan fingerprint density at radius 2 is 2.00 bits per heavy atom. The third-order valence-corrected chi connectivity index (χ3v) is 4.65. The average molecular weight is 334 g/mol. The summed E-state index contributed by atoms with van der Waals surface area (Å²) in [7, 11) is -3.85. The van der Waals surface area contributed by atoms with Crippen LogP contribution in [0, 0.1) is 13.8 Å². The summed E-state index contributed by atoms with van der Waals surface area (Å²) in [5.41, 5.74) is 1.65. The summed E-state index contributed by atoms with van der Waals surface area (Å²) < 4.78 is 32.4. The van der Waals surface area contributed by atoms with Crippen LogP contribution in [-0.2, 0) is 14.8 Å². The van der Waals surface area contributed by atoms with E-state index in [-0.39, 0.29) is 22.9 Å². The molecule has 23 heavy (non-hydrogen) atoms. The summed E-state index contributed by atoms with van der Waals surface area (Å²) >= 11 is 0. The summed E-state index contributed by atoms with van der Waals surface area (Å²) in [4.78, 5) is 16.0. The number of anilines is 1. The van der Waals surface area contributed by atoms with Gasteiger partial charge in [-0.05, 0) is 44.5 Å². The fraction of sp³-hybridized carbons (Fsp3) is 0.250. The smallest absolute Gasteiger partial charge is 0.341 e. The van der Waals surface area contributed by atoms with E-state index >= 15 is 0 Å². The predicted octanol–water partition coefficient (Wildman–Crippen LogP) is 2.68. The zero-order valence-electron chi connectivity index (χ0n) is 13.2. The Balaban J connectivity index is 2.40. The van der Waals surface area contributed by atoms with E-state index in [2.05, 4.69) is 9.71 Å². The maximum absolute atomic E-state index is 12.6. The molecule has 6 nitrogen and oxygen atoms in total. The highest BCUT2D eigenvalue weighted by Gasteiger charge is 2.21. The number of benzene rings is 1. The molecule has 7 heteroatoms. The molecule has 2 aromatic rings. The normalized spacial score (nSPS) is 11.1. The van der Waals surface area contributed by atoms with Crippen molar-refractivity contribution in [2.24, 2.45) is 0 Å². The van der Waals surface area contributed by atoms with E-state index in [1.807, 2.05) is 6.92 Å². The van der Waals surface area contributed by atoms with Gasteiger partial charge in [-0.2, -0.15) is 0 Å². The first kappa shape index (κ1) is 17.0. The summed E-state index contributed by atoms with van der Waals surface area (Å²) in [5, 5.41) is 0. The summed E-state index contributed by atoms with van der Waals surface area (Å²) in [6, 6.07) is 8.03. The molecule has 0 fully saturated rings. The van der Waals surface area contributed by atoms with Crippen LogP contribution in [0.1, 0.15) is 28.4 Å². The third kappa shape index (κ3) is 3.87. The number of sulfonamides is 1. The van der Waals surface area contributed by atoms with Crippen molar-refractivity contribution in [1.29, 1.82) is 0 Å². The number of nitrogens with zero attached hydrogens (tertiary/aromatic N) is 1. The largest absolute Gasteiger partial charge is 0.462 e. The second-order valence-corrected chi connectivity index (χ2v) is 6.65. The van der Waals surface area contributed by atoms with Gasteiger partial charge in [0.15, 0.2) is 5.82 Å². The topological polar surface area (TPSA) is 85.4 Å². The fourth-order valence-electron chi connectivity index (χ4n) is 2.14. The number of aryl methyl sites for hydroxylation is 2. The van der Waals surface area contributed by atoms with Gasteiger partial charge in [0.2, 0.25) is 0 Å². The zero-order chi connectivity index (χ0) is 17.0. The number of ether oxygens (including phenoxy) is 1. The first-order valence-electron chi connectivity index (χ1n) is 7.07. The highest BCUT2D eigenvalue weighted by molar-refractivity contribution is 7.92. The van der Waals surface area contributed by atoms with Crippen LogP contribution in [0.15, 0.2) is 41.4 Å². The molecular weight excluding hydrogens is 316 g/mol. The Hall–Kier alpha value is -2.41. The number of carbonyl (C=O) groups is 1. The van der Waals surface area contributed by atoms with Crippen LogP contribution in [0.5, 0.6) is 0 Å². The SMILES string of the molecule is CCOC(=O)c1cccnc1NS(=O)(=O)c1ccc(C)cc1C. The predicted molar refractivity (Wildman–Crippen MR) is 86.9 cm³/mol. The van der Waals surface area contributed by atoms with Crippen molar-refractivity contribution in [2.75, 3.05) is 11.3 Å². The van der Waals surface area contributed by atoms with Gasteiger partial charge in [0, 0.05) is 6.20 Å². The van der Waals surface area contributed by atoms with Gasteiger partial charge >= 0.3 is 5.97 Å². The van der Waals surface area contributed by atoms with E-state index < -0.39 is 16.0 Å². The van der Waals surface area contributed by atoms with E-state index in [4.69, 9.17) is 4.74 Å². The van der Waals surface area contributed by atoms with Crippen molar-refractivity contribution in [3.8, 4) is 0 Å². The van der Waals surface area contributed by atoms with Gasteiger partial charge in [-0.1, -0.05) is 17.7 Å². The van der Waals surface area contributed by atoms with E-state index in [1.165, 1.54) is 18.3 Å². The van der Waals surface area contributed by atoms with Crippen LogP contribution in [0.4, 0.5) is 5.82 Å². The standard InChI is InChI=1S/C16H18N2O4S/c1-4-22-16(19)13-6-5-9-17-15(13)18-23(20,21)14-8-7-11(2)10-12(14)3/h5-10H,4H2,1-3H3,(H,17,18). The number of esters is 1. The average Bonchev–Trinajstić information content (AvgIpc) is 2.47. The van der Waals surface area contributed by atoms with E-state index in [0.717, 1.165) is 5.56 Å². The van der Waals surface area contributed by atoms with Gasteiger partial charge in [-0.3, -0.25) is 4.72 Å². The monoisotopic (exact) mass is 334 g/mol. The molecule has 0 aliphatic rings. The second-order valence-electron chi connectivity index (χ2n) is 4.99. The molecule has 0 aliphatic carbocycles. The van der Waals surface area contributed by atoms with Crippen LogP contribution >= 0.6 is 0 Å². The molecule has 0 radical (unpaired) electrons. The Kier molecular flexibility index (Phi) is 5.00. The molecule has 1 heterocycles. The first-order valence-corrected chi connectivity index (χ1v) is 8.55. The molecule has 0 amide bonds. The molecule has 122 valence electrons. The molecule has 0 bridgehead atoms. The van der Waals surface area contributed by atoms with E-state index in [0.29, 0.717) is 5.56 Å². The number of nitrogens with one attached hydrogen (secondary N) is 1. The molecule has 0 saturated carbocycles. The summed E-state index contributed by atoms with van der Waals surface area (Å²) in [6.45, 7) is 5.46. The highest BCUT2D eigenvalue weighted by Crippen LogP contribution is 2.21. The Morgan fingerprint density at radius 3 is 2.65 bits per heavy atom. The quantitative estimate of drug-likeness (QED) is 0.850. The molecule has 0 aliphatic heterocycles. The third-order valence-electron chi connectivity index (χ3n) is 3.15. The lowest BCUT2D eigenvalue weighted by Crippen LogP contribution is -2.18. The van der Waals surface area contributed by atoms with Gasteiger partial charge in [0.25, 0.3) is 10.0 Å². The fourth-order valence-corrected chi connectivity index (χ4v) is 3.40. The Morgan fingerprint density at radius 1 is 1.26 bits per heavy atom. The number of hydrogen-bond acceptors (Lipinski definition) is 5. The van der Waals surface area contributed by atoms with Crippen molar-refractivity contribution in [1.82, 2.24) is 4.98 Å². The van der Waals surface area contributed by atoms with Crippen molar-refractivity contribution < 1.29 is 17.9 Å². The highest BCUT2D eigenvalue weighted by atomic mass is 32.2. The van der Waals surface area contributed by atoms with Crippen molar-refractivity contribution >= 4 is 21.8 Å². The number of aromatic nitrogens is 1. The Labute approximate surface area is 135 Å². The number of pyridine rings is 1. The van der Waals surface area contributed by atoms with Crippen LogP contribution in [0.25, 0.3) is 0 Å². The lowest BCUT2D eigenvalue weighted by atomic mass is 10.2. The van der Waals surface area contributed by atoms with Crippen LogP contribution < -0.4 is 4.72 Å². The molecule has 0 saturated heterocycles. The maximum atomic E-state index is 12.6. The number of rotatable bonds is 5. The zero-order valence-corrected chi connectivity index (χ0v) is 14.0. The van der Waals surface area contributed by atoms with Crippen LogP contribution in [0.3, 0.4) is 0 Å². The van der Waals surface area contributed by atoms with Crippen molar-refractivity contribution in [2.45, 2.75) is 25.7 Å². The minimum Gasteiger partial charge on any atom is -0.462 e. The molecular formula is C16H18N2O4S. The van der Waals surface area contributed by atoms with E-state index in [1.54, 1.807) is 32.0 Å². The number of hydrogen-bond donors (Lipinski definition) is 1.